The third-order valence-electron chi connectivity index (χ3n) is 7.61. The summed E-state index contributed by atoms with van der Waals surface area (Å²) in [6, 6.07) is 30.0. The summed E-state index contributed by atoms with van der Waals surface area (Å²) >= 11 is 5.77. The molecular weight excluding hydrogens is 634 g/mol. The van der Waals surface area contributed by atoms with Crippen LogP contribution in [0.25, 0.3) is 10.8 Å². The van der Waals surface area contributed by atoms with Crippen molar-refractivity contribution >= 4 is 78.9 Å². The molecule has 4 aromatic carbocycles. The number of fused-ring (bicyclic) bond motifs is 3. The van der Waals surface area contributed by atoms with E-state index in [0.717, 1.165) is 32.1 Å². The summed E-state index contributed by atoms with van der Waals surface area (Å²) in [4.78, 5) is 56.0. The molecule has 3 amide bonds. The van der Waals surface area contributed by atoms with Crippen LogP contribution in [0.3, 0.4) is 0 Å². The number of halogens is 1. The number of nitrogens with one attached hydrogen (secondary N) is 1. The van der Waals surface area contributed by atoms with Crippen LogP contribution in [0.2, 0.25) is 0 Å². The summed E-state index contributed by atoms with van der Waals surface area (Å²) in [5, 5.41) is 4.78. The number of carbonyl (C=O) groups is 3. The van der Waals surface area contributed by atoms with Crippen molar-refractivity contribution in [1.82, 2.24) is 4.57 Å². The number of amides is 3. The summed E-state index contributed by atoms with van der Waals surface area (Å²) in [6.07, 6.45) is 0. The van der Waals surface area contributed by atoms with Gasteiger partial charge in [-0.2, -0.15) is 0 Å². The van der Waals surface area contributed by atoms with Crippen molar-refractivity contribution in [3.8, 4) is 0 Å². The van der Waals surface area contributed by atoms with E-state index < -0.39 is 17.1 Å². The number of hydrogen-bond donors (Lipinski definition) is 1. The van der Waals surface area contributed by atoms with E-state index >= 15 is 0 Å². The van der Waals surface area contributed by atoms with Crippen molar-refractivity contribution in [2.24, 2.45) is 5.92 Å². The highest BCUT2D eigenvalue weighted by atomic mass is 79.9. The highest BCUT2D eigenvalue weighted by Crippen LogP contribution is 2.54. The molecule has 10 heteroatoms. The minimum Gasteiger partial charge on any atom is -0.325 e. The molecule has 42 heavy (non-hydrogen) atoms. The Kier molecular flexibility index (Phi) is 6.84. The van der Waals surface area contributed by atoms with Gasteiger partial charge in [0.15, 0.2) is 0 Å². The molecule has 2 aliphatic rings. The Morgan fingerprint density at radius 2 is 1.60 bits per heavy atom. The molecule has 208 valence electrons. The van der Waals surface area contributed by atoms with Gasteiger partial charge in [-0.1, -0.05) is 99.7 Å². The molecular formula is C32H22BrN3O4S2. The van der Waals surface area contributed by atoms with Gasteiger partial charge >= 0.3 is 4.87 Å². The predicted molar refractivity (Wildman–Crippen MR) is 169 cm³/mol. The minimum absolute atomic E-state index is 0.211. The number of para-hydroxylation sites is 1. The van der Waals surface area contributed by atoms with Gasteiger partial charge in [-0.25, -0.2) is 4.90 Å². The van der Waals surface area contributed by atoms with Gasteiger partial charge in [0.1, 0.15) is 11.8 Å². The second kappa shape index (κ2) is 10.7. The van der Waals surface area contributed by atoms with Crippen molar-refractivity contribution < 1.29 is 14.4 Å². The van der Waals surface area contributed by atoms with Crippen LogP contribution in [0.4, 0.5) is 11.4 Å². The lowest BCUT2D eigenvalue weighted by atomic mass is 9.83. The average Bonchev–Trinajstić information content (AvgIpc) is 3.43. The van der Waals surface area contributed by atoms with Crippen molar-refractivity contribution in [3.05, 3.63) is 122 Å². The number of nitrogens with zero attached hydrogens (tertiary/aromatic N) is 2. The van der Waals surface area contributed by atoms with Gasteiger partial charge < -0.3 is 5.32 Å². The maximum absolute atomic E-state index is 13.9. The average molecular weight is 657 g/mol. The van der Waals surface area contributed by atoms with Crippen LogP contribution in [-0.4, -0.2) is 27.5 Å². The Labute approximate surface area is 257 Å². The zero-order valence-corrected chi connectivity index (χ0v) is 25.1. The van der Waals surface area contributed by atoms with Gasteiger partial charge in [0.05, 0.1) is 16.6 Å². The van der Waals surface area contributed by atoms with E-state index in [1.807, 2.05) is 72.8 Å². The first kappa shape index (κ1) is 26.9. The van der Waals surface area contributed by atoms with Gasteiger partial charge in [0, 0.05) is 21.0 Å². The fraction of sp³-hybridized carbons (Fsp3) is 0.125. The van der Waals surface area contributed by atoms with Crippen molar-refractivity contribution in [2.75, 3.05) is 10.2 Å². The quantitative estimate of drug-likeness (QED) is 0.226. The highest BCUT2D eigenvalue weighted by Gasteiger charge is 2.56. The zero-order valence-electron chi connectivity index (χ0n) is 21.9. The highest BCUT2D eigenvalue weighted by molar-refractivity contribution is 9.10. The van der Waals surface area contributed by atoms with Gasteiger partial charge in [0.2, 0.25) is 17.7 Å². The molecule has 0 saturated carbocycles. The molecule has 2 aliphatic heterocycles. The molecule has 0 bridgehead atoms. The van der Waals surface area contributed by atoms with Crippen LogP contribution < -0.4 is 15.1 Å². The molecule has 3 heterocycles. The summed E-state index contributed by atoms with van der Waals surface area (Å²) in [5.41, 5.74) is 1.97. The molecule has 3 atom stereocenters. The van der Waals surface area contributed by atoms with Crippen molar-refractivity contribution in [2.45, 2.75) is 22.7 Å². The maximum atomic E-state index is 13.9. The molecule has 3 unspecified atom stereocenters. The first-order valence-corrected chi connectivity index (χ1v) is 15.7. The Bertz CT molecular complexity index is 1950. The lowest BCUT2D eigenvalue weighted by Crippen LogP contribution is -2.33. The lowest BCUT2D eigenvalue weighted by molar-refractivity contribution is -0.122. The normalized spacial score (nSPS) is 19.5. The number of thioether (sulfide) groups is 1. The van der Waals surface area contributed by atoms with Crippen LogP contribution in [-0.2, 0) is 20.9 Å². The standard InChI is InChI=1S/C32H22BrN3O4S2/c33-21-10-6-9-20(15-21)25-26-27(30(39)36(29(26)38)23-11-2-1-3-12-23)41-31-28(25)42-32(40)35(31)17-24(37)34-22-14-13-18-7-4-5-8-19(18)16-22/h1-16,25-27H,17H2,(H,34,37). The Balaban J connectivity index is 1.26. The molecule has 0 radical (unpaired) electrons. The predicted octanol–water partition coefficient (Wildman–Crippen LogP) is 6.26. The maximum Gasteiger partial charge on any atom is 0.308 e. The van der Waals surface area contributed by atoms with E-state index in [1.165, 1.54) is 21.2 Å². The van der Waals surface area contributed by atoms with Crippen LogP contribution in [0.15, 0.2) is 111 Å². The van der Waals surface area contributed by atoms with Gasteiger partial charge in [-0.15, -0.1) is 0 Å². The first-order valence-electron chi connectivity index (χ1n) is 13.3. The molecule has 0 spiro atoms. The molecule has 1 aromatic heterocycles. The molecule has 0 aliphatic carbocycles. The van der Waals surface area contributed by atoms with E-state index in [4.69, 9.17) is 0 Å². The molecule has 5 aromatic rings. The number of thiazole rings is 1. The molecule has 7 nitrogen and oxygen atoms in total. The van der Waals surface area contributed by atoms with Crippen LogP contribution in [0.5, 0.6) is 0 Å². The monoisotopic (exact) mass is 655 g/mol. The third kappa shape index (κ3) is 4.59. The number of imide groups is 1. The van der Waals surface area contributed by atoms with Crippen molar-refractivity contribution in [1.29, 1.82) is 0 Å². The number of carbonyl (C=O) groups excluding carboxylic acids is 3. The smallest absolute Gasteiger partial charge is 0.308 e. The van der Waals surface area contributed by atoms with Gasteiger partial charge in [-0.3, -0.25) is 23.7 Å². The molecule has 1 saturated heterocycles. The van der Waals surface area contributed by atoms with Crippen LogP contribution in [0, 0.1) is 5.92 Å². The van der Waals surface area contributed by atoms with Crippen LogP contribution in [0.1, 0.15) is 16.4 Å². The summed E-state index contributed by atoms with van der Waals surface area (Å²) in [6.45, 7) is -0.211. The number of rotatable bonds is 5. The summed E-state index contributed by atoms with van der Waals surface area (Å²) in [7, 11) is 0. The lowest BCUT2D eigenvalue weighted by Gasteiger charge is -2.30. The second-order valence-electron chi connectivity index (χ2n) is 10.2. The Hall–Kier alpha value is -3.99. The van der Waals surface area contributed by atoms with Gasteiger partial charge in [-0.05, 0) is 52.7 Å². The SMILES string of the molecule is O=C(Cn1c2c(sc1=O)C(c1cccc(Br)c1)C1C(=O)N(c3ccccc3)C(=O)C1S2)Nc1ccc2ccccc2c1. The number of benzene rings is 4. The van der Waals surface area contributed by atoms with E-state index in [9.17, 15) is 19.2 Å². The molecule has 7 rings (SSSR count). The number of aromatic nitrogens is 1. The number of hydrogen-bond acceptors (Lipinski definition) is 6. The summed E-state index contributed by atoms with van der Waals surface area (Å²) in [5.74, 6) is -2.17. The Morgan fingerprint density at radius 1 is 0.833 bits per heavy atom. The fourth-order valence-electron chi connectivity index (χ4n) is 5.76. The topological polar surface area (TPSA) is 88.5 Å². The minimum atomic E-state index is -0.738. The van der Waals surface area contributed by atoms with E-state index in [1.54, 1.807) is 24.3 Å². The molecule has 1 fully saturated rings. The third-order valence-corrected chi connectivity index (χ3v) is 10.7. The van der Waals surface area contributed by atoms with Crippen LogP contribution >= 0.6 is 39.0 Å². The zero-order chi connectivity index (χ0) is 29.0. The second-order valence-corrected chi connectivity index (χ2v) is 13.2. The van der Waals surface area contributed by atoms with Gasteiger partial charge in [0.25, 0.3) is 0 Å². The molecule has 1 N–H and O–H groups in total. The first-order chi connectivity index (χ1) is 20.4. The van der Waals surface area contributed by atoms with E-state index in [0.29, 0.717) is 21.3 Å². The number of anilines is 2. The fourth-order valence-corrected chi connectivity index (χ4v) is 8.95. The summed E-state index contributed by atoms with van der Waals surface area (Å²) < 4.78 is 2.26. The van der Waals surface area contributed by atoms with E-state index in [2.05, 4.69) is 21.2 Å². The van der Waals surface area contributed by atoms with E-state index in [-0.39, 0.29) is 29.1 Å². The van der Waals surface area contributed by atoms with Crippen molar-refractivity contribution in [3.63, 3.8) is 0 Å². The Morgan fingerprint density at radius 3 is 2.38 bits per heavy atom. The largest absolute Gasteiger partial charge is 0.325 e.